The molecule has 0 aliphatic carbocycles. The first-order valence-corrected chi connectivity index (χ1v) is 13.8. The minimum absolute atomic E-state index is 0.0177. The molecular formula is C29H38FN3O4. The van der Waals surface area contributed by atoms with Crippen molar-refractivity contribution in [2.45, 2.75) is 76.0 Å². The zero-order chi connectivity index (χ0) is 25.6. The minimum atomic E-state index is -0.963. The van der Waals surface area contributed by atoms with Crippen LogP contribution in [0.2, 0.25) is 0 Å². The fourth-order valence-electron chi connectivity index (χ4n) is 5.84. The molecule has 7 nitrogen and oxygen atoms in total. The highest BCUT2D eigenvalue weighted by atomic mass is 19.1. The van der Waals surface area contributed by atoms with Gasteiger partial charge in [-0.15, -0.1) is 0 Å². The second kappa shape index (κ2) is 12.3. The number of hydrogen-bond donors (Lipinski definition) is 2. The van der Waals surface area contributed by atoms with E-state index in [1.807, 2.05) is 4.90 Å². The smallest absolute Gasteiger partial charge is 0.325 e. The van der Waals surface area contributed by atoms with E-state index in [9.17, 15) is 14.3 Å². The van der Waals surface area contributed by atoms with E-state index in [-0.39, 0.29) is 12.2 Å². The van der Waals surface area contributed by atoms with Crippen LogP contribution < -0.4 is 5.32 Å². The van der Waals surface area contributed by atoms with Gasteiger partial charge in [-0.25, -0.2) is 9.37 Å². The summed E-state index contributed by atoms with van der Waals surface area (Å²) in [6.45, 7) is 3.41. The molecule has 37 heavy (non-hydrogen) atoms. The van der Waals surface area contributed by atoms with E-state index in [1.165, 1.54) is 17.7 Å². The van der Waals surface area contributed by atoms with Crippen LogP contribution in [0, 0.1) is 5.82 Å². The Morgan fingerprint density at radius 3 is 2.97 bits per heavy atom. The molecule has 3 aliphatic rings. The van der Waals surface area contributed by atoms with Crippen molar-refractivity contribution in [1.29, 1.82) is 0 Å². The predicted molar refractivity (Wildman–Crippen MR) is 139 cm³/mol. The molecule has 2 aromatic rings. The largest absolute Gasteiger partial charge is 0.480 e. The maximum absolute atomic E-state index is 14.3. The van der Waals surface area contributed by atoms with Crippen LogP contribution >= 0.6 is 0 Å². The monoisotopic (exact) mass is 511 g/mol. The van der Waals surface area contributed by atoms with E-state index in [0.29, 0.717) is 31.9 Å². The summed E-state index contributed by atoms with van der Waals surface area (Å²) >= 11 is 0. The second-order valence-corrected chi connectivity index (χ2v) is 10.4. The normalized spacial score (nSPS) is 22.8. The molecule has 5 rings (SSSR count). The summed E-state index contributed by atoms with van der Waals surface area (Å²) in [4.78, 5) is 19.1. The van der Waals surface area contributed by atoms with Crippen molar-refractivity contribution in [3.63, 3.8) is 0 Å². The first kappa shape index (κ1) is 26.1. The number of aliphatic carboxylic acids is 1. The molecule has 1 aromatic heterocycles. The molecule has 3 aliphatic heterocycles. The first-order chi connectivity index (χ1) is 18.1. The molecule has 2 N–H and O–H groups in total. The van der Waals surface area contributed by atoms with Gasteiger partial charge in [-0.05, 0) is 92.7 Å². The summed E-state index contributed by atoms with van der Waals surface area (Å²) in [5, 5.41) is 13.5. The fourth-order valence-corrected chi connectivity index (χ4v) is 5.84. The summed E-state index contributed by atoms with van der Waals surface area (Å²) in [6, 6.07) is 7.90. The summed E-state index contributed by atoms with van der Waals surface area (Å²) < 4.78 is 26.3. The number of aromatic nitrogens is 1. The summed E-state index contributed by atoms with van der Waals surface area (Å²) in [6.07, 6.45) is 8.53. The van der Waals surface area contributed by atoms with Crippen molar-refractivity contribution in [2.75, 3.05) is 38.2 Å². The molecule has 200 valence electrons. The maximum atomic E-state index is 14.3. The number of likely N-dealkylation sites (tertiary alicyclic amines) is 1. The third-order valence-corrected chi connectivity index (χ3v) is 7.78. The summed E-state index contributed by atoms with van der Waals surface area (Å²) in [5.74, 6) is -0.345. The van der Waals surface area contributed by atoms with Gasteiger partial charge in [0.25, 0.3) is 0 Å². The lowest BCUT2D eigenvalue weighted by molar-refractivity contribution is -0.143. The number of anilines is 1. The number of halogens is 1. The lowest BCUT2D eigenvalue weighted by atomic mass is 9.92. The molecule has 3 atom stereocenters. The van der Waals surface area contributed by atoms with Gasteiger partial charge < -0.3 is 19.9 Å². The molecule has 8 heteroatoms. The van der Waals surface area contributed by atoms with Crippen molar-refractivity contribution >= 4 is 11.8 Å². The standard InChI is InChI=1S/C29H38FN3O4/c30-21-10-12-24(26-8-2-4-17-37-26)25(18-21)27(29(34)35)33-15-13-23(19-33)36-16-3-1-7-22-11-9-20-6-5-14-31-28(20)32-22/h9-12,18,23,26-27H,1-8,13-17,19H2,(H,31,32)(H,34,35)/t23-,26+,27+/m1/s1. The van der Waals surface area contributed by atoms with Crippen LogP contribution in [0.15, 0.2) is 30.3 Å². The number of pyridine rings is 1. The van der Waals surface area contributed by atoms with Gasteiger partial charge in [-0.2, -0.15) is 0 Å². The predicted octanol–water partition coefficient (Wildman–Crippen LogP) is 5.06. The SMILES string of the molecule is O=C(O)[C@H](c1cc(F)ccc1[C@@H]1CCCCO1)N1CC[C@@H](OCCCCc2ccc3c(n2)NCCC3)C1. The quantitative estimate of drug-likeness (QED) is 0.432. The number of fused-ring (bicyclic) bond motifs is 1. The van der Waals surface area contributed by atoms with Crippen molar-refractivity contribution < 1.29 is 23.8 Å². The highest BCUT2D eigenvalue weighted by molar-refractivity contribution is 5.76. The van der Waals surface area contributed by atoms with Crippen LogP contribution in [0.3, 0.4) is 0 Å². The van der Waals surface area contributed by atoms with Crippen LogP contribution in [0.4, 0.5) is 10.2 Å². The number of nitrogens with one attached hydrogen (secondary N) is 1. The van der Waals surface area contributed by atoms with Crippen molar-refractivity contribution in [1.82, 2.24) is 9.88 Å². The molecule has 0 bridgehead atoms. The third kappa shape index (κ3) is 6.48. The number of ether oxygens (including phenoxy) is 2. The average molecular weight is 512 g/mol. The van der Waals surface area contributed by atoms with Crippen LogP contribution in [0.1, 0.15) is 79.5 Å². The molecule has 2 fully saturated rings. The number of hydrogen-bond acceptors (Lipinski definition) is 6. The number of aryl methyl sites for hydroxylation is 2. The Morgan fingerprint density at radius 2 is 2.14 bits per heavy atom. The van der Waals surface area contributed by atoms with Crippen molar-refractivity contribution in [3.8, 4) is 0 Å². The maximum Gasteiger partial charge on any atom is 0.325 e. The molecule has 2 saturated heterocycles. The topological polar surface area (TPSA) is 83.9 Å². The van der Waals surface area contributed by atoms with E-state index < -0.39 is 17.8 Å². The number of rotatable bonds is 10. The lowest BCUT2D eigenvalue weighted by Crippen LogP contribution is -2.34. The molecule has 0 amide bonds. The average Bonchev–Trinajstić information content (AvgIpc) is 3.37. The molecule has 0 unspecified atom stereocenters. The van der Waals surface area contributed by atoms with Gasteiger partial charge in [-0.1, -0.05) is 12.1 Å². The number of carbonyl (C=O) groups is 1. The summed E-state index contributed by atoms with van der Waals surface area (Å²) in [5.41, 5.74) is 3.72. The molecule has 4 heterocycles. The van der Waals surface area contributed by atoms with Crippen LogP contribution in [-0.2, 0) is 27.1 Å². The zero-order valence-corrected chi connectivity index (χ0v) is 21.5. The van der Waals surface area contributed by atoms with Gasteiger partial charge >= 0.3 is 5.97 Å². The first-order valence-electron chi connectivity index (χ1n) is 13.8. The lowest BCUT2D eigenvalue weighted by Gasteiger charge is -2.30. The van der Waals surface area contributed by atoms with Crippen molar-refractivity contribution in [2.24, 2.45) is 0 Å². The van der Waals surface area contributed by atoms with E-state index >= 15 is 0 Å². The fraction of sp³-hybridized carbons (Fsp3) is 0.586. The third-order valence-electron chi connectivity index (χ3n) is 7.78. The highest BCUT2D eigenvalue weighted by Gasteiger charge is 2.36. The number of benzene rings is 1. The Morgan fingerprint density at radius 1 is 1.22 bits per heavy atom. The number of unbranched alkanes of at least 4 members (excludes halogenated alkanes) is 1. The van der Waals surface area contributed by atoms with E-state index in [2.05, 4.69) is 17.4 Å². The van der Waals surface area contributed by atoms with E-state index in [4.69, 9.17) is 14.5 Å². The zero-order valence-electron chi connectivity index (χ0n) is 21.5. The van der Waals surface area contributed by atoms with Gasteiger partial charge in [-0.3, -0.25) is 9.69 Å². The number of carboxylic acids is 1. The number of nitrogens with zero attached hydrogens (tertiary/aromatic N) is 2. The van der Waals surface area contributed by atoms with Gasteiger partial charge in [0.1, 0.15) is 17.7 Å². The Labute approximate surface area is 218 Å². The van der Waals surface area contributed by atoms with Crippen LogP contribution in [-0.4, -0.2) is 59.9 Å². The molecule has 1 aromatic carbocycles. The van der Waals surface area contributed by atoms with Crippen LogP contribution in [0.5, 0.6) is 0 Å². The van der Waals surface area contributed by atoms with Gasteiger partial charge in [0, 0.05) is 38.5 Å². The van der Waals surface area contributed by atoms with Gasteiger partial charge in [0.2, 0.25) is 0 Å². The molecule has 0 saturated carbocycles. The van der Waals surface area contributed by atoms with E-state index in [1.54, 1.807) is 6.07 Å². The Bertz CT molecular complexity index is 1080. The number of carboxylic acid groups (broad SMARTS) is 1. The van der Waals surface area contributed by atoms with Gasteiger partial charge in [0.05, 0.1) is 12.2 Å². The van der Waals surface area contributed by atoms with Gasteiger partial charge in [0.15, 0.2) is 0 Å². The van der Waals surface area contributed by atoms with Crippen LogP contribution in [0.25, 0.3) is 0 Å². The molecular weight excluding hydrogens is 473 g/mol. The minimum Gasteiger partial charge on any atom is -0.480 e. The Kier molecular flexibility index (Phi) is 8.69. The van der Waals surface area contributed by atoms with E-state index in [0.717, 1.165) is 81.4 Å². The van der Waals surface area contributed by atoms with Crippen molar-refractivity contribution in [3.05, 3.63) is 58.5 Å². The molecule has 0 spiro atoms. The Hall–Kier alpha value is -2.55. The Balaban J connectivity index is 1.13. The second-order valence-electron chi connectivity index (χ2n) is 10.4. The summed E-state index contributed by atoms with van der Waals surface area (Å²) in [7, 11) is 0. The highest BCUT2D eigenvalue weighted by Crippen LogP contribution is 2.36. The molecule has 0 radical (unpaired) electrons.